The molecule has 6 nitrogen and oxygen atoms in total. The highest BCUT2D eigenvalue weighted by molar-refractivity contribution is 7.98. The minimum Gasteiger partial charge on any atom is -0.334 e. The van der Waals surface area contributed by atoms with E-state index < -0.39 is 0 Å². The Balaban J connectivity index is 1.51. The van der Waals surface area contributed by atoms with E-state index in [4.69, 9.17) is 27.7 Å². The molecule has 0 unspecified atom stereocenters. The molecule has 0 radical (unpaired) electrons. The van der Waals surface area contributed by atoms with E-state index in [1.165, 1.54) is 23.1 Å². The zero-order valence-electron chi connectivity index (χ0n) is 13.3. The van der Waals surface area contributed by atoms with Crippen LogP contribution >= 0.6 is 57.6 Å². The molecule has 0 N–H and O–H groups in total. The number of thioether (sulfide) groups is 1. The Morgan fingerprint density at radius 2 is 2.19 bits per heavy atom. The van der Waals surface area contributed by atoms with Crippen molar-refractivity contribution in [1.82, 2.24) is 24.9 Å². The summed E-state index contributed by atoms with van der Waals surface area (Å²) in [4.78, 5) is 5.49. The van der Waals surface area contributed by atoms with Crippen LogP contribution in [0.5, 0.6) is 0 Å². The molecule has 26 heavy (non-hydrogen) atoms. The first kappa shape index (κ1) is 18.0. The van der Waals surface area contributed by atoms with Crippen LogP contribution in [0.25, 0.3) is 22.2 Å². The van der Waals surface area contributed by atoms with Gasteiger partial charge >= 0.3 is 0 Å². The summed E-state index contributed by atoms with van der Waals surface area (Å²) in [5.41, 5.74) is 0.655. The van der Waals surface area contributed by atoms with Crippen LogP contribution in [0.1, 0.15) is 12.7 Å². The van der Waals surface area contributed by atoms with Gasteiger partial charge in [0.1, 0.15) is 4.34 Å². The molecule has 0 bridgehead atoms. The van der Waals surface area contributed by atoms with Crippen molar-refractivity contribution < 1.29 is 4.52 Å². The molecule has 4 heterocycles. The Morgan fingerprint density at radius 1 is 1.31 bits per heavy atom. The molecule has 0 atom stereocenters. The average molecular weight is 444 g/mol. The quantitative estimate of drug-likeness (QED) is 0.354. The van der Waals surface area contributed by atoms with Crippen molar-refractivity contribution in [1.29, 1.82) is 0 Å². The van der Waals surface area contributed by atoms with Crippen molar-refractivity contribution in [2.45, 2.75) is 24.4 Å². The van der Waals surface area contributed by atoms with Gasteiger partial charge in [0.15, 0.2) is 16.8 Å². The Labute approximate surface area is 171 Å². The molecule has 0 saturated carbocycles. The van der Waals surface area contributed by atoms with Crippen LogP contribution < -0.4 is 0 Å². The standard InChI is InChI=1S/C15H11Cl2N5OS3/c1-2-22-13(9-4-3-5-24-9)19-20-15(22)25-7-11-18-14(23-21-11)8-6-10(16)26-12(8)17/h3-6H,2,7H2,1H3. The zero-order valence-corrected chi connectivity index (χ0v) is 17.3. The molecule has 0 fully saturated rings. The first-order valence-corrected chi connectivity index (χ1v) is 11.0. The second-order valence-electron chi connectivity index (χ2n) is 5.07. The Morgan fingerprint density at radius 3 is 2.88 bits per heavy atom. The number of hydrogen-bond acceptors (Lipinski definition) is 8. The lowest BCUT2D eigenvalue weighted by Gasteiger charge is -2.04. The first-order valence-electron chi connectivity index (χ1n) is 7.53. The molecule has 0 saturated heterocycles. The molecule has 0 amide bonds. The van der Waals surface area contributed by atoms with E-state index in [2.05, 4.69) is 31.8 Å². The Hall–Kier alpha value is -1.39. The number of aromatic nitrogens is 5. The predicted molar refractivity (Wildman–Crippen MR) is 106 cm³/mol. The lowest BCUT2D eigenvalue weighted by Crippen LogP contribution is -1.99. The predicted octanol–water partition coefficient (Wildman–Crippen LogP) is 5.74. The lowest BCUT2D eigenvalue weighted by atomic mass is 10.3. The maximum absolute atomic E-state index is 6.13. The molecule has 0 aliphatic rings. The summed E-state index contributed by atoms with van der Waals surface area (Å²) in [7, 11) is 0. The normalized spacial score (nSPS) is 11.3. The molecule has 0 aliphatic heterocycles. The largest absolute Gasteiger partial charge is 0.334 e. The van der Waals surface area contributed by atoms with Crippen molar-refractivity contribution in [3.63, 3.8) is 0 Å². The van der Waals surface area contributed by atoms with E-state index in [9.17, 15) is 0 Å². The van der Waals surface area contributed by atoms with Crippen LogP contribution in [0.4, 0.5) is 0 Å². The summed E-state index contributed by atoms with van der Waals surface area (Å²) in [6, 6.07) is 5.76. The molecule has 11 heteroatoms. The van der Waals surface area contributed by atoms with Gasteiger partial charge in [-0.25, -0.2) is 0 Å². The monoisotopic (exact) mass is 443 g/mol. The Bertz CT molecular complexity index is 1020. The van der Waals surface area contributed by atoms with Gasteiger partial charge in [-0.15, -0.1) is 32.9 Å². The minimum absolute atomic E-state index is 0.366. The third-order valence-electron chi connectivity index (χ3n) is 3.46. The first-order chi connectivity index (χ1) is 12.7. The number of halogens is 2. The number of thiophene rings is 2. The highest BCUT2D eigenvalue weighted by Gasteiger charge is 2.18. The van der Waals surface area contributed by atoms with Gasteiger partial charge in [-0.3, -0.25) is 0 Å². The van der Waals surface area contributed by atoms with Crippen molar-refractivity contribution in [2.24, 2.45) is 0 Å². The fourth-order valence-corrected chi connectivity index (χ4v) is 5.32. The van der Waals surface area contributed by atoms with Crippen molar-refractivity contribution in [3.8, 4) is 22.2 Å². The average Bonchev–Trinajstić information content (AvgIpc) is 3.39. The van der Waals surface area contributed by atoms with Gasteiger partial charge in [0.2, 0.25) is 0 Å². The second kappa shape index (κ2) is 7.69. The van der Waals surface area contributed by atoms with E-state index in [0.717, 1.165) is 22.4 Å². The third-order valence-corrected chi connectivity index (χ3v) is 6.78. The summed E-state index contributed by atoms with van der Waals surface area (Å²) >= 11 is 16.5. The lowest BCUT2D eigenvalue weighted by molar-refractivity contribution is 0.425. The smallest absolute Gasteiger partial charge is 0.260 e. The maximum atomic E-state index is 6.13. The molecular weight excluding hydrogens is 433 g/mol. The van der Waals surface area contributed by atoms with E-state index in [1.807, 2.05) is 17.5 Å². The van der Waals surface area contributed by atoms with Crippen LogP contribution in [0.3, 0.4) is 0 Å². The van der Waals surface area contributed by atoms with Crippen LogP contribution in [0.15, 0.2) is 33.3 Å². The third kappa shape index (κ3) is 3.54. The summed E-state index contributed by atoms with van der Waals surface area (Å²) in [6.07, 6.45) is 0. The fraction of sp³-hybridized carbons (Fsp3) is 0.200. The number of nitrogens with zero attached hydrogens (tertiary/aromatic N) is 5. The van der Waals surface area contributed by atoms with Crippen LogP contribution in [-0.4, -0.2) is 24.9 Å². The van der Waals surface area contributed by atoms with Gasteiger partial charge in [0.05, 0.1) is 20.5 Å². The second-order valence-corrected chi connectivity index (χ2v) is 9.25. The van der Waals surface area contributed by atoms with Gasteiger partial charge in [-0.2, -0.15) is 4.98 Å². The maximum Gasteiger partial charge on any atom is 0.260 e. The molecule has 134 valence electrons. The van der Waals surface area contributed by atoms with Crippen molar-refractivity contribution >= 4 is 57.6 Å². The fourth-order valence-electron chi connectivity index (χ4n) is 2.31. The summed E-state index contributed by atoms with van der Waals surface area (Å²) < 4.78 is 8.49. The van der Waals surface area contributed by atoms with Crippen LogP contribution in [0.2, 0.25) is 8.67 Å². The van der Waals surface area contributed by atoms with Crippen LogP contribution in [-0.2, 0) is 12.3 Å². The van der Waals surface area contributed by atoms with Gasteiger partial charge < -0.3 is 9.09 Å². The molecule has 4 aromatic rings. The van der Waals surface area contributed by atoms with E-state index in [0.29, 0.717) is 31.7 Å². The molecular formula is C15H11Cl2N5OS3. The Kier molecular flexibility index (Phi) is 5.32. The van der Waals surface area contributed by atoms with E-state index in [1.54, 1.807) is 17.4 Å². The summed E-state index contributed by atoms with van der Waals surface area (Å²) in [5, 5.41) is 15.5. The molecule has 0 aliphatic carbocycles. The van der Waals surface area contributed by atoms with E-state index in [-0.39, 0.29) is 0 Å². The minimum atomic E-state index is 0.366. The van der Waals surface area contributed by atoms with Gasteiger partial charge in [0.25, 0.3) is 5.89 Å². The summed E-state index contributed by atoms with van der Waals surface area (Å²) in [5.74, 6) is 2.32. The van der Waals surface area contributed by atoms with Gasteiger partial charge in [-0.05, 0) is 24.4 Å². The summed E-state index contributed by atoms with van der Waals surface area (Å²) in [6.45, 7) is 2.85. The molecule has 4 rings (SSSR count). The van der Waals surface area contributed by atoms with Crippen molar-refractivity contribution in [2.75, 3.05) is 0 Å². The van der Waals surface area contributed by atoms with Gasteiger partial charge in [0, 0.05) is 6.54 Å². The molecule has 4 aromatic heterocycles. The topological polar surface area (TPSA) is 69.6 Å². The zero-order chi connectivity index (χ0) is 18.1. The highest BCUT2D eigenvalue weighted by Crippen LogP contribution is 2.37. The van der Waals surface area contributed by atoms with Gasteiger partial charge in [-0.1, -0.05) is 46.2 Å². The van der Waals surface area contributed by atoms with Crippen molar-refractivity contribution in [3.05, 3.63) is 38.1 Å². The van der Waals surface area contributed by atoms with E-state index >= 15 is 0 Å². The molecule has 0 spiro atoms. The van der Waals surface area contributed by atoms with Crippen LogP contribution in [0, 0.1) is 0 Å². The number of hydrogen-bond donors (Lipinski definition) is 0. The SMILES string of the molecule is CCn1c(SCc2noc(-c3cc(Cl)sc3Cl)n2)nnc1-c1cccs1. The number of rotatable bonds is 6. The highest BCUT2D eigenvalue weighted by atomic mass is 35.5. The molecule has 0 aromatic carbocycles.